The SMILES string of the molecule is Cc1nn(-c2ccccc2)c(C)c1/C=C/C(=O)N1CCN(C(=O)C(C)(C)C)CC1. The van der Waals surface area contributed by atoms with Crippen LogP contribution in [0.2, 0.25) is 0 Å². The number of para-hydroxylation sites is 1. The van der Waals surface area contributed by atoms with Crippen LogP contribution in [-0.2, 0) is 9.59 Å². The molecule has 1 aromatic carbocycles. The van der Waals surface area contributed by atoms with E-state index in [1.807, 2.05) is 80.6 Å². The summed E-state index contributed by atoms with van der Waals surface area (Å²) in [5, 5.41) is 4.62. The van der Waals surface area contributed by atoms with Crippen molar-refractivity contribution in [2.75, 3.05) is 26.2 Å². The molecule has 1 aliphatic rings. The number of rotatable bonds is 3. The lowest BCUT2D eigenvalue weighted by molar-refractivity contribution is -0.143. The van der Waals surface area contributed by atoms with Crippen molar-refractivity contribution >= 4 is 17.9 Å². The minimum Gasteiger partial charge on any atom is -0.339 e. The van der Waals surface area contributed by atoms with Gasteiger partial charge in [-0.2, -0.15) is 5.10 Å². The molecule has 1 aromatic heterocycles. The first kappa shape index (κ1) is 20.8. The molecule has 0 aliphatic carbocycles. The Morgan fingerprint density at radius 1 is 0.966 bits per heavy atom. The summed E-state index contributed by atoms with van der Waals surface area (Å²) in [5.74, 6) is 0.110. The molecule has 0 atom stereocenters. The second-order valence-corrected chi connectivity index (χ2v) is 8.53. The summed E-state index contributed by atoms with van der Waals surface area (Å²) in [6, 6.07) is 9.96. The van der Waals surface area contributed by atoms with E-state index in [1.54, 1.807) is 11.0 Å². The van der Waals surface area contributed by atoms with E-state index in [-0.39, 0.29) is 17.2 Å². The summed E-state index contributed by atoms with van der Waals surface area (Å²) in [7, 11) is 0. The third kappa shape index (κ3) is 4.58. The van der Waals surface area contributed by atoms with Crippen molar-refractivity contribution in [2.24, 2.45) is 5.41 Å². The number of aromatic nitrogens is 2. The molecule has 1 aliphatic heterocycles. The van der Waals surface area contributed by atoms with Crippen LogP contribution in [0.5, 0.6) is 0 Å². The molecule has 2 amide bonds. The van der Waals surface area contributed by atoms with E-state index in [9.17, 15) is 9.59 Å². The van der Waals surface area contributed by atoms with Gasteiger partial charge in [0.1, 0.15) is 0 Å². The van der Waals surface area contributed by atoms with E-state index in [1.165, 1.54) is 0 Å². The summed E-state index contributed by atoms with van der Waals surface area (Å²) in [4.78, 5) is 28.7. The minimum absolute atomic E-state index is 0.0286. The summed E-state index contributed by atoms with van der Waals surface area (Å²) < 4.78 is 1.90. The predicted molar refractivity (Wildman–Crippen MR) is 115 cm³/mol. The monoisotopic (exact) mass is 394 g/mol. The van der Waals surface area contributed by atoms with Crippen LogP contribution in [0.1, 0.15) is 37.7 Å². The van der Waals surface area contributed by atoms with E-state index >= 15 is 0 Å². The fourth-order valence-electron chi connectivity index (χ4n) is 3.58. The van der Waals surface area contributed by atoms with Crippen LogP contribution in [0.25, 0.3) is 11.8 Å². The second-order valence-electron chi connectivity index (χ2n) is 8.53. The molecular formula is C23H30N4O2. The first-order chi connectivity index (χ1) is 13.7. The number of hydrogen-bond donors (Lipinski definition) is 0. The molecule has 0 radical (unpaired) electrons. The van der Waals surface area contributed by atoms with E-state index in [0.717, 1.165) is 22.6 Å². The largest absolute Gasteiger partial charge is 0.339 e. The molecule has 3 rings (SSSR count). The topological polar surface area (TPSA) is 58.4 Å². The normalized spacial score (nSPS) is 15.2. The van der Waals surface area contributed by atoms with Crippen molar-refractivity contribution in [3.63, 3.8) is 0 Å². The van der Waals surface area contributed by atoms with Crippen LogP contribution in [0.4, 0.5) is 0 Å². The maximum Gasteiger partial charge on any atom is 0.246 e. The Morgan fingerprint density at radius 2 is 1.55 bits per heavy atom. The first-order valence-corrected chi connectivity index (χ1v) is 10.1. The average Bonchev–Trinajstić information content (AvgIpc) is 2.99. The highest BCUT2D eigenvalue weighted by Gasteiger charge is 2.30. The molecule has 0 saturated carbocycles. The van der Waals surface area contributed by atoms with Gasteiger partial charge in [-0.1, -0.05) is 39.0 Å². The third-order valence-corrected chi connectivity index (χ3v) is 5.26. The van der Waals surface area contributed by atoms with Gasteiger partial charge in [0.2, 0.25) is 11.8 Å². The third-order valence-electron chi connectivity index (χ3n) is 5.26. The maximum absolute atomic E-state index is 12.7. The molecule has 2 heterocycles. The number of aryl methyl sites for hydroxylation is 1. The van der Waals surface area contributed by atoms with Gasteiger partial charge in [-0.05, 0) is 32.1 Å². The van der Waals surface area contributed by atoms with Crippen LogP contribution < -0.4 is 0 Å². The summed E-state index contributed by atoms with van der Waals surface area (Å²) in [6.45, 7) is 12.0. The highest BCUT2D eigenvalue weighted by molar-refractivity contribution is 5.92. The zero-order valence-corrected chi connectivity index (χ0v) is 18.0. The van der Waals surface area contributed by atoms with Crippen LogP contribution in [0.3, 0.4) is 0 Å². The molecule has 0 N–H and O–H groups in total. The molecule has 0 spiro atoms. The summed E-state index contributed by atoms with van der Waals surface area (Å²) in [6.07, 6.45) is 3.47. The fourth-order valence-corrected chi connectivity index (χ4v) is 3.58. The van der Waals surface area contributed by atoms with E-state index in [4.69, 9.17) is 0 Å². The van der Waals surface area contributed by atoms with Gasteiger partial charge in [-0.3, -0.25) is 9.59 Å². The van der Waals surface area contributed by atoms with Gasteiger partial charge in [0, 0.05) is 48.9 Å². The zero-order chi connectivity index (χ0) is 21.2. The second kappa shape index (κ2) is 8.23. The number of piperazine rings is 1. The van der Waals surface area contributed by atoms with Crippen LogP contribution in [-0.4, -0.2) is 57.6 Å². The van der Waals surface area contributed by atoms with Gasteiger partial charge < -0.3 is 9.80 Å². The van der Waals surface area contributed by atoms with Crippen molar-refractivity contribution in [3.05, 3.63) is 53.4 Å². The number of carbonyl (C=O) groups is 2. The van der Waals surface area contributed by atoms with Gasteiger partial charge >= 0.3 is 0 Å². The van der Waals surface area contributed by atoms with Gasteiger partial charge in [-0.25, -0.2) is 4.68 Å². The number of nitrogens with zero attached hydrogens (tertiary/aromatic N) is 4. The number of amides is 2. The van der Waals surface area contributed by atoms with Crippen molar-refractivity contribution in [1.82, 2.24) is 19.6 Å². The molecule has 1 fully saturated rings. The highest BCUT2D eigenvalue weighted by atomic mass is 16.2. The molecule has 6 heteroatoms. The Balaban J connectivity index is 1.66. The van der Waals surface area contributed by atoms with Gasteiger partial charge in [-0.15, -0.1) is 0 Å². The van der Waals surface area contributed by atoms with Crippen LogP contribution in [0, 0.1) is 19.3 Å². The van der Waals surface area contributed by atoms with E-state index in [2.05, 4.69) is 5.10 Å². The molecule has 6 nitrogen and oxygen atoms in total. The molecule has 29 heavy (non-hydrogen) atoms. The van der Waals surface area contributed by atoms with Crippen molar-refractivity contribution in [3.8, 4) is 5.69 Å². The average molecular weight is 395 g/mol. The standard InChI is InChI=1S/C23H30N4O2/c1-17-20(18(2)27(24-17)19-9-7-6-8-10-19)11-12-21(28)25-13-15-26(16-14-25)22(29)23(3,4)5/h6-12H,13-16H2,1-5H3/b12-11+. The summed E-state index contributed by atoms with van der Waals surface area (Å²) in [5.41, 5.74) is 3.46. The molecule has 154 valence electrons. The molecule has 0 bridgehead atoms. The van der Waals surface area contributed by atoms with Gasteiger partial charge in [0.15, 0.2) is 0 Å². The number of carbonyl (C=O) groups excluding carboxylic acids is 2. The Kier molecular flexibility index (Phi) is 5.91. The first-order valence-electron chi connectivity index (χ1n) is 10.1. The lowest BCUT2D eigenvalue weighted by atomic mass is 9.94. The Hall–Kier alpha value is -2.89. The van der Waals surface area contributed by atoms with E-state index in [0.29, 0.717) is 26.2 Å². The van der Waals surface area contributed by atoms with Gasteiger partial charge in [0.05, 0.1) is 11.4 Å². The minimum atomic E-state index is -0.389. The van der Waals surface area contributed by atoms with Crippen LogP contribution >= 0.6 is 0 Å². The highest BCUT2D eigenvalue weighted by Crippen LogP contribution is 2.20. The zero-order valence-electron chi connectivity index (χ0n) is 18.0. The van der Waals surface area contributed by atoms with Crippen molar-refractivity contribution < 1.29 is 9.59 Å². The predicted octanol–water partition coefficient (Wildman–Crippen LogP) is 3.22. The Bertz CT molecular complexity index is 914. The quantitative estimate of drug-likeness (QED) is 0.751. The number of hydrogen-bond acceptors (Lipinski definition) is 3. The van der Waals surface area contributed by atoms with Crippen LogP contribution in [0.15, 0.2) is 36.4 Å². The lowest BCUT2D eigenvalue weighted by Crippen LogP contribution is -2.52. The Morgan fingerprint density at radius 3 is 2.14 bits per heavy atom. The summed E-state index contributed by atoms with van der Waals surface area (Å²) >= 11 is 0. The lowest BCUT2D eigenvalue weighted by Gasteiger charge is -2.37. The smallest absolute Gasteiger partial charge is 0.246 e. The van der Waals surface area contributed by atoms with Crippen molar-refractivity contribution in [1.29, 1.82) is 0 Å². The van der Waals surface area contributed by atoms with Crippen molar-refractivity contribution in [2.45, 2.75) is 34.6 Å². The Labute approximate surface area is 172 Å². The number of benzene rings is 1. The maximum atomic E-state index is 12.7. The van der Waals surface area contributed by atoms with E-state index < -0.39 is 0 Å². The fraction of sp³-hybridized carbons (Fsp3) is 0.435. The molecule has 1 saturated heterocycles. The molecule has 0 unspecified atom stereocenters. The van der Waals surface area contributed by atoms with Gasteiger partial charge in [0.25, 0.3) is 0 Å². The molecular weight excluding hydrogens is 364 g/mol. The molecule has 2 aromatic rings.